The Morgan fingerprint density at radius 2 is 1.68 bits per heavy atom. The third-order valence-corrected chi connectivity index (χ3v) is 2.07. The maximum atomic E-state index is 12.5. The topological polar surface area (TPSA) is 9.23 Å². The summed E-state index contributed by atoms with van der Waals surface area (Å²) in [5.41, 5.74) is -2.31. The number of benzene rings is 1. The summed E-state index contributed by atoms with van der Waals surface area (Å²) >= 11 is 0. The van der Waals surface area contributed by atoms with Crippen LogP contribution in [-0.4, -0.2) is 13.6 Å². The first-order chi connectivity index (χ1) is 8.12. The Morgan fingerprint density at radius 3 is 2.16 bits per heavy atom. The molecule has 0 saturated carbocycles. The molecule has 0 aliphatic rings. The maximum absolute atomic E-state index is 12.5. The number of hydrogen-bond acceptors (Lipinski definition) is 1. The van der Waals surface area contributed by atoms with Crippen LogP contribution in [0.3, 0.4) is 0 Å². The zero-order chi connectivity index (χ0) is 14.0. The number of alkyl halides is 3. The molecular weight excluding hydrogens is 300 g/mol. The van der Waals surface area contributed by atoms with Gasteiger partial charge in [-0.2, -0.15) is 13.2 Å². The van der Waals surface area contributed by atoms with E-state index in [9.17, 15) is 26.1 Å². The van der Waals surface area contributed by atoms with E-state index in [-0.39, 0.29) is 51.4 Å². The minimum atomic E-state index is -5.31. The predicted molar refractivity (Wildman–Crippen MR) is 55.2 cm³/mol. The van der Waals surface area contributed by atoms with Crippen molar-refractivity contribution in [1.29, 1.82) is 0 Å². The average Bonchev–Trinajstić information content (AvgIpc) is 2.23. The Hall–Kier alpha value is 0.0413. The van der Waals surface area contributed by atoms with Crippen molar-refractivity contribution in [3.8, 4) is 5.75 Å². The second-order valence-corrected chi connectivity index (χ2v) is 3.52. The first-order valence-corrected chi connectivity index (χ1v) is 4.79. The van der Waals surface area contributed by atoms with Crippen LogP contribution in [0, 0.1) is 0 Å². The van der Waals surface area contributed by atoms with Gasteiger partial charge in [-0.3, -0.25) is 0 Å². The molecule has 0 bridgehead atoms. The second kappa shape index (κ2) is 7.17. The molecule has 1 aromatic rings. The van der Waals surface area contributed by atoms with Crippen molar-refractivity contribution in [2.75, 3.05) is 6.61 Å². The van der Waals surface area contributed by atoms with Gasteiger partial charge in [0.15, 0.2) is 0 Å². The number of hydrogen-bond donors (Lipinski definition) is 0. The minimum absolute atomic E-state index is 0. The van der Waals surface area contributed by atoms with Gasteiger partial charge in [-0.25, -0.2) is 0 Å². The normalized spacial score (nSPS) is 11.7. The molecule has 0 saturated heterocycles. The van der Waals surface area contributed by atoms with Gasteiger partial charge in [0.05, 0.1) is 12.2 Å². The van der Waals surface area contributed by atoms with E-state index in [4.69, 9.17) is 0 Å². The van der Waals surface area contributed by atoms with E-state index < -0.39 is 36.5 Å². The minimum Gasteiger partial charge on any atom is -0.492 e. The summed E-state index contributed by atoms with van der Waals surface area (Å²) in [5.74, 6) is -0.647. The molecule has 1 aromatic carbocycles. The van der Waals surface area contributed by atoms with Gasteiger partial charge in [-0.15, -0.1) is 12.1 Å². The molecule has 0 atom stereocenters. The number of ether oxygens (including phenoxy) is 1. The SMILES string of the molecule is C=C(COc1ccccc1C(F)(F)F)[B-](F)(F)F.[K+]. The fourth-order valence-electron chi connectivity index (χ4n) is 1.09. The van der Waals surface area contributed by atoms with Gasteiger partial charge in [0.25, 0.3) is 0 Å². The van der Waals surface area contributed by atoms with Crippen LogP contribution in [0.2, 0.25) is 0 Å². The number of para-hydroxylation sites is 1. The van der Waals surface area contributed by atoms with E-state index in [0.717, 1.165) is 18.2 Å². The maximum Gasteiger partial charge on any atom is 1.00 e. The fraction of sp³-hybridized carbons (Fsp3) is 0.200. The summed E-state index contributed by atoms with van der Waals surface area (Å²) < 4.78 is 78.4. The monoisotopic (exact) mass is 308 g/mol. The van der Waals surface area contributed by atoms with Crippen LogP contribution in [0.1, 0.15) is 5.56 Å². The molecule has 19 heavy (non-hydrogen) atoms. The molecule has 0 aromatic heterocycles. The molecular formula is C10H8BF6KO. The van der Waals surface area contributed by atoms with E-state index in [0.29, 0.717) is 0 Å². The van der Waals surface area contributed by atoms with Gasteiger partial charge >= 0.3 is 64.5 Å². The van der Waals surface area contributed by atoms with Gasteiger partial charge in [0.1, 0.15) is 5.75 Å². The van der Waals surface area contributed by atoms with Crippen LogP contribution in [0.25, 0.3) is 0 Å². The predicted octanol–water partition coefficient (Wildman–Crippen LogP) is 1.03. The van der Waals surface area contributed by atoms with E-state index in [1.807, 2.05) is 0 Å². The van der Waals surface area contributed by atoms with Crippen molar-refractivity contribution in [3.63, 3.8) is 0 Å². The molecule has 9 heteroatoms. The number of rotatable bonds is 4. The Balaban J connectivity index is 0.00000324. The fourth-order valence-corrected chi connectivity index (χ4v) is 1.09. The summed E-state index contributed by atoms with van der Waals surface area (Å²) in [4.78, 5) is 0. The zero-order valence-electron chi connectivity index (χ0n) is 9.98. The molecule has 0 aliphatic carbocycles. The van der Waals surface area contributed by atoms with Crippen molar-refractivity contribution in [2.24, 2.45) is 0 Å². The molecule has 0 radical (unpaired) electrons. The molecule has 0 heterocycles. The molecule has 0 aliphatic heterocycles. The van der Waals surface area contributed by atoms with Crippen molar-refractivity contribution in [1.82, 2.24) is 0 Å². The molecule has 1 rings (SSSR count). The van der Waals surface area contributed by atoms with Gasteiger partial charge in [0, 0.05) is 0 Å². The van der Waals surface area contributed by atoms with Crippen LogP contribution in [0.4, 0.5) is 26.1 Å². The molecule has 0 unspecified atom stereocenters. The molecule has 0 fully saturated rings. The molecule has 100 valence electrons. The van der Waals surface area contributed by atoms with Gasteiger partial charge in [0.2, 0.25) is 0 Å². The van der Waals surface area contributed by atoms with Crippen molar-refractivity contribution < 1.29 is 82.2 Å². The Kier molecular flexibility index (Phi) is 7.18. The van der Waals surface area contributed by atoms with Crippen LogP contribution in [0.5, 0.6) is 5.75 Å². The van der Waals surface area contributed by atoms with Crippen LogP contribution in [-0.2, 0) is 6.18 Å². The van der Waals surface area contributed by atoms with E-state index in [2.05, 4.69) is 11.3 Å². The Morgan fingerprint density at radius 1 is 1.16 bits per heavy atom. The third kappa shape index (κ3) is 5.90. The summed E-state index contributed by atoms with van der Waals surface area (Å²) in [6.07, 6.45) is -4.68. The zero-order valence-corrected chi connectivity index (χ0v) is 13.1. The second-order valence-electron chi connectivity index (χ2n) is 3.52. The molecule has 1 nitrogen and oxygen atoms in total. The van der Waals surface area contributed by atoms with Gasteiger partial charge in [-0.1, -0.05) is 12.1 Å². The quantitative estimate of drug-likeness (QED) is 0.596. The smallest absolute Gasteiger partial charge is 0.492 e. The Bertz CT molecular complexity index is 442. The van der Waals surface area contributed by atoms with Crippen LogP contribution in [0.15, 0.2) is 36.3 Å². The molecule has 0 N–H and O–H groups in total. The van der Waals surface area contributed by atoms with E-state index in [1.165, 1.54) is 6.07 Å². The average molecular weight is 308 g/mol. The van der Waals surface area contributed by atoms with Crippen molar-refractivity contribution in [2.45, 2.75) is 6.18 Å². The summed E-state index contributed by atoms with van der Waals surface area (Å²) in [6.45, 7) is -3.60. The van der Waals surface area contributed by atoms with E-state index >= 15 is 0 Å². The summed E-state index contributed by atoms with van der Waals surface area (Å²) in [5, 5.41) is 0. The van der Waals surface area contributed by atoms with Crippen LogP contribution >= 0.6 is 0 Å². The molecule has 0 spiro atoms. The van der Waals surface area contributed by atoms with Crippen molar-refractivity contribution >= 4 is 6.98 Å². The van der Waals surface area contributed by atoms with Gasteiger partial charge < -0.3 is 17.7 Å². The van der Waals surface area contributed by atoms with Crippen LogP contribution < -0.4 is 56.1 Å². The summed E-state index contributed by atoms with van der Waals surface area (Å²) in [6, 6.07) is 4.06. The first-order valence-electron chi connectivity index (χ1n) is 4.79. The largest absolute Gasteiger partial charge is 1.00 e. The van der Waals surface area contributed by atoms with E-state index in [1.54, 1.807) is 0 Å². The standard InChI is InChI=1S/C10H8BF6O.K/c1-7(11(15,16)17)6-18-9-5-3-2-4-8(9)10(12,13)14;/h2-5H,1,6H2;/q-1;+1. The Labute approximate surface area is 148 Å². The first kappa shape index (κ1) is 19.0. The number of halogens is 6. The summed E-state index contributed by atoms with van der Waals surface area (Å²) in [7, 11) is 0. The third-order valence-electron chi connectivity index (χ3n) is 2.07. The van der Waals surface area contributed by atoms with Crippen molar-refractivity contribution in [3.05, 3.63) is 41.9 Å². The molecule has 0 amide bonds. The van der Waals surface area contributed by atoms with Gasteiger partial charge in [-0.05, 0) is 12.1 Å².